The Morgan fingerprint density at radius 2 is 1.60 bits per heavy atom. The van der Waals surface area contributed by atoms with Gasteiger partial charge in [0, 0.05) is 11.3 Å². The van der Waals surface area contributed by atoms with Crippen molar-refractivity contribution < 1.29 is 14.7 Å². The lowest BCUT2D eigenvalue weighted by Gasteiger charge is -2.24. The third-order valence-corrected chi connectivity index (χ3v) is 7.52. The van der Waals surface area contributed by atoms with Crippen LogP contribution in [-0.4, -0.2) is 38.1 Å². The number of carboxylic acids is 1. The minimum atomic E-state index is -0.952. The fourth-order valence-electron chi connectivity index (χ4n) is 4.39. The van der Waals surface area contributed by atoms with Crippen LogP contribution in [0, 0.1) is 0 Å². The number of carbonyl (C=O) groups is 2. The molecule has 0 unspecified atom stereocenters. The van der Waals surface area contributed by atoms with Crippen molar-refractivity contribution in [3.05, 3.63) is 41.6 Å². The van der Waals surface area contributed by atoms with Crippen LogP contribution >= 0.6 is 11.8 Å². The van der Waals surface area contributed by atoms with Gasteiger partial charge in [0.15, 0.2) is 0 Å². The Hall–Kier alpha value is -2.28. The number of rotatable bonds is 6. The molecule has 1 heterocycles. The van der Waals surface area contributed by atoms with Gasteiger partial charge in [0.25, 0.3) is 5.91 Å². The van der Waals surface area contributed by atoms with Crippen molar-refractivity contribution in [2.45, 2.75) is 80.5 Å². The molecule has 0 spiro atoms. The Morgan fingerprint density at radius 3 is 2.23 bits per heavy atom. The van der Waals surface area contributed by atoms with Crippen molar-refractivity contribution in [3.8, 4) is 5.69 Å². The summed E-state index contributed by atoms with van der Waals surface area (Å²) in [5.74, 6) is -1.00. The summed E-state index contributed by atoms with van der Waals surface area (Å²) in [4.78, 5) is 24.3. The van der Waals surface area contributed by atoms with Crippen LogP contribution < -0.4 is 5.32 Å². The summed E-state index contributed by atoms with van der Waals surface area (Å²) in [7, 11) is 0. The molecule has 1 aromatic carbocycles. The molecular weight excluding hydrogens is 398 g/mol. The zero-order valence-electron chi connectivity index (χ0n) is 17.2. The van der Waals surface area contributed by atoms with Crippen LogP contribution in [-0.2, 0) is 0 Å². The Balaban J connectivity index is 1.61. The first-order valence-electron chi connectivity index (χ1n) is 11.0. The van der Waals surface area contributed by atoms with E-state index in [9.17, 15) is 14.7 Å². The van der Waals surface area contributed by atoms with Crippen molar-refractivity contribution >= 4 is 23.6 Å². The second-order valence-electron chi connectivity index (χ2n) is 8.31. The van der Waals surface area contributed by atoms with Gasteiger partial charge in [0.05, 0.1) is 23.0 Å². The molecule has 0 bridgehead atoms. The summed E-state index contributed by atoms with van der Waals surface area (Å²) < 4.78 is 1.79. The number of aromatic nitrogens is 2. The standard InChI is InChI=1S/C23H29N3O3S/c27-21(25-17-7-3-1-4-8-17)20-15-24-26(18-13-11-16(12-14-18)23(28)29)22(20)30-19-9-5-2-6-10-19/h11-15,17,19H,1-10H2,(H,25,27)(H,28,29). The summed E-state index contributed by atoms with van der Waals surface area (Å²) in [6.07, 6.45) is 13.4. The van der Waals surface area contributed by atoms with Gasteiger partial charge in [-0.25, -0.2) is 9.48 Å². The van der Waals surface area contributed by atoms with Crippen molar-refractivity contribution in [2.24, 2.45) is 0 Å². The summed E-state index contributed by atoms with van der Waals surface area (Å²) in [5, 5.41) is 18.3. The van der Waals surface area contributed by atoms with Gasteiger partial charge in [0.2, 0.25) is 0 Å². The van der Waals surface area contributed by atoms with Crippen LogP contribution in [0.4, 0.5) is 0 Å². The molecule has 0 atom stereocenters. The minimum absolute atomic E-state index is 0.0476. The first-order chi connectivity index (χ1) is 14.6. The fraction of sp³-hybridized carbons (Fsp3) is 0.522. The van der Waals surface area contributed by atoms with Crippen molar-refractivity contribution in [1.29, 1.82) is 0 Å². The lowest BCUT2D eigenvalue weighted by Crippen LogP contribution is -2.36. The van der Waals surface area contributed by atoms with E-state index in [-0.39, 0.29) is 17.5 Å². The summed E-state index contributed by atoms with van der Waals surface area (Å²) in [6, 6.07) is 6.91. The Labute approximate surface area is 181 Å². The second-order valence-corrected chi connectivity index (χ2v) is 9.60. The molecule has 2 N–H and O–H groups in total. The van der Waals surface area contributed by atoms with E-state index < -0.39 is 5.97 Å². The van der Waals surface area contributed by atoms with E-state index in [1.807, 2.05) is 0 Å². The molecule has 0 saturated heterocycles. The van der Waals surface area contributed by atoms with Gasteiger partial charge in [-0.3, -0.25) is 4.79 Å². The number of nitrogens with zero attached hydrogens (tertiary/aromatic N) is 2. The third kappa shape index (κ3) is 4.89. The van der Waals surface area contributed by atoms with E-state index >= 15 is 0 Å². The quantitative estimate of drug-likeness (QED) is 0.673. The van der Waals surface area contributed by atoms with Crippen molar-refractivity contribution in [1.82, 2.24) is 15.1 Å². The van der Waals surface area contributed by atoms with Crippen molar-refractivity contribution in [3.63, 3.8) is 0 Å². The van der Waals surface area contributed by atoms with E-state index in [2.05, 4.69) is 10.4 Å². The molecule has 2 aliphatic carbocycles. The average molecular weight is 428 g/mol. The number of nitrogens with one attached hydrogen (secondary N) is 1. The van der Waals surface area contributed by atoms with Crippen LogP contribution in [0.5, 0.6) is 0 Å². The zero-order chi connectivity index (χ0) is 20.9. The largest absolute Gasteiger partial charge is 0.478 e. The van der Waals surface area contributed by atoms with Crippen LogP contribution in [0.1, 0.15) is 84.9 Å². The predicted molar refractivity (Wildman–Crippen MR) is 118 cm³/mol. The number of aromatic carboxylic acids is 1. The topological polar surface area (TPSA) is 84.2 Å². The van der Waals surface area contributed by atoms with Crippen molar-refractivity contribution in [2.75, 3.05) is 0 Å². The fourth-order valence-corrected chi connectivity index (χ4v) is 5.80. The van der Waals surface area contributed by atoms with Gasteiger partial charge < -0.3 is 10.4 Å². The van der Waals surface area contributed by atoms with E-state index in [4.69, 9.17) is 0 Å². The minimum Gasteiger partial charge on any atom is -0.478 e. The highest BCUT2D eigenvalue weighted by atomic mass is 32.2. The smallest absolute Gasteiger partial charge is 0.335 e. The van der Waals surface area contributed by atoms with Gasteiger partial charge in [-0.1, -0.05) is 38.5 Å². The second kappa shape index (κ2) is 9.69. The number of benzene rings is 1. The molecule has 30 heavy (non-hydrogen) atoms. The number of carbonyl (C=O) groups excluding carboxylic acids is 1. The normalized spacial score (nSPS) is 18.3. The molecule has 160 valence electrons. The van der Waals surface area contributed by atoms with E-state index in [0.29, 0.717) is 10.8 Å². The van der Waals surface area contributed by atoms with E-state index in [1.165, 1.54) is 38.5 Å². The Morgan fingerprint density at radius 1 is 0.967 bits per heavy atom. The van der Waals surface area contributed by atoms with Gasteiger partial charge in [0.1, 0.15) is 5.03 Å². The molecule has 2 aromatic rings. The summed E-state index contributed by atoms with van der Waals surface area (Å²) >= 11 is 1.74. The molecule has 1 amide bonds. The zero-order valence-corrected chi connectivity index (χ0v) is 18.0. The lowest BCUT2D eigenvalue weighted by atomic mass is 9.95. The first kappa shape index (κ1) is 21.0. The average Bonchev–Trinajstić information content (AvgIpc) is 3.19. The summed E-state index contributed by atoms with van der Waals surface area (Å²) in [5.41, 5.74) is 1.64. The maximum atomic E-state index is 13.1. The molecule has 0 aliphatic heterocycles. The molecule has 6 nitrogen and oxygen atoms in total. The molecule has 2 aliphatic rings. The number of carboxylic acid groups (broad SMARTS) is 1. The number of amides is 1. The maximum absolute atomic E-state index is 13.1. The molecule has 2 fully saturated rings. The van der Waals surface area contributed by atoms with Gasteiger partial charge in [-0.05, 0) is 49.9 Å². The van der Waals surface area contributed by atoms with Gasteiger partial charge in [-0.2, -0.15) is 5.10 Å². The third-order valence-electron chi connectivity index (χ3n) is 6.10. The monoisotopic (exact) mass is 427 g/mol. The van der Waals surface area contributed by atoms with E-state index in [0.717, 1.165) is 36.4 Å². The highest BCUT2D eigenvalue weighted by Crippen LogP contribution is 2.36. The molecule has 0 radical (unpaired) electrons. The molecule has 2 saturated carbocycles. The van der Waals surface area contributed by atoms with E-state index in [1.54, 1.807) is 46.9 Å². The number of hydrogen-bond acceptors (Lipinski definition) is 4. The lowest BCUT2D eigenvalue weighted by molar-refractivity contribution is 0.0696. The highest BCUT2D eigenvalue weighted by Gasteiger charge is 2.25. The van der Waals surface area contributed by atoms with Crippen LogP contribution in [0.3, 0.4) is 0 Å². The Kier molecular flexibility index (Phi) is 6.77. The van der Waals surface area contributed by atoms with Crippen LogP contribution in [0.2, 0.25) is 0 Å². The van der Waals surface area contributed by atoms with Gasteiger partial charge in [-0.15, -0.1) is 11.8 Å². The Bertz CT molecular complexity index is 882. The first-order valence-corrected chi connectivity index (χ1v) is 11.9. The molecule has 7 heteroatoms. The maximum Gasteiger partial charge on any atom is 0.335 e. The highest BCUT2D eigenvalue weighted by molar-refractivity contribution is 8.00. The molecular formula is C23H29N3O3S. The van der Waals surface area contributed by atoms with Crippen LogP contribution in [0.25, 0.3) is 5.69 Å². The number of thioether (sulfide) groups is 1. The summed E-state index contributed by atoms with van der Waals surface area (Å²) in [6.45, 7) is 0. The van der Waals surface area contributed by atoms with Gasteiger partial charge >= 0.3 is 5.97 Å². The predicted octanol–water partition coefficient (Wildman–Crippen LogP) is 5.06. The number of hydrogen-bond donors (Lipinski definition) is 2. The van der Waals surface area contributed by atoms with Crippen LogP contribution in [0.15, 0.2) is 35.5 Å². The molecule has 4 rings (SSSR count). The SMILES string of the molecule is O=C(O)c1ccc(-n2ncc(C(=O)NC3CCCCC3)c2SC2CCCCC2)cc1. The molecule has 1 aromatic heterocycles.